The Hall–Kier alpha value is -1.82. The van der Waals surface area contributed by atoms with Crippen molar-refractivity contribution in [2.24, 2.45) is 0 Å². The van der Waals surface area contributed by atoms with Gasteiger partial charge in [-0.05, 0) is 58.2 Å². The Kier molecular flexibility index (Phi) is 5.70. The van der Waals surface area contributed by atoms with Gasteiger partial charge in [-0.3, -0.25) is 4.90 Å². The predicted octanol–water partition coefficient (Wildman–Crippen LogP) is 3.49. The van der Waals surface area contributed by atoms with Crippen LogP contribution < -0.4 is 0 Å². The van der Waals surface area contributed by atoms with Crippen LogP contribution >= 0.6 is 11.6 Å². The molecule has 132 valence electrons. The third kappa shape index (κ3) is 5.09. The standard InChI is InChI=1S/C17H23ClN2O4/c1-11-8-12(19-14(18)9-11)10-23-15(21)13-6-5-7-20(13)16(22)24-17(2,3)4/h8-9,13H,5-7,10H2,1-4H3/t13-/m1/s1. The van der Waals surface area contributed by atoms with Crippen molar-refractivity contribution in [2.75, 3.05) is 6.54 Å². The number of aryl methyl sites for hydroxylation is 1. The average molecular weight is 355 g/mol. The van der Waals surface area contributed by atoms with Crippen molar-refractivity contribution in [1.29, 1.82) is 0 Å². The lowest BCUT2D eigenvalue weighted by molar-refractivity contribution is -0.150. The molecule has 0 saturated carbocycles. The number of halogens is 1. The molecule has 2 heterocycles. The summed E-state index contributed by atoms with van der Waals surface area (Å²) in [6.07, 6.45) is 0.826. The Morgan fingerprint density at radius 3 is 2.71 bits per heavy atom. The van der Waals surface area contributed by atoms with Gasteiger partial charge in [0.15, 0.2) is 0 Å². The van der Waals surface area contributed by atoms with Gasteiger partial charge in [0.25, 0.3) is 0 Å². The normalized spacial score (nSPS) is 17.7. The maximum atomic E-state index is 12.3. The van der Waals surface area contributed by atoms with E-state index in [9.17, 15) is 9.59 Å². The summed E-state index contributed by atoms with van der Waals surface area (Å²) in [7, 11) is 0. The molecule has 0 radical (unpaired) electrons. The smallest absolute Gasteiger partial charge is 0.411 e. The van der Waals surface area contributed by atoms with Crippen molar-refractivity contribution in [2.45, 2.75) is 58.8 Å². The van der Waals surface area contributed by atoms with E-state index in [1.165, 1.54) is 4.90 Å². The van der Waals surface area contributed by atoms with Crippen LogP contribution in [-0.2, 0) is 20.9 Å². The average Bonchev–Trinajstić information content (AvgIpc) is 2.91. The summed E-state index contributed by atoms with van der Waals surface area (Å²) in [6, 6.07) is 2.92. The predicted molar refractivity (Wildman–Crippen MR) is 89.7 cm³/mol. The van der Waals surface area contributed by atoms with E-state index in [1.807, 2.05) is 6.92 Å². The summed E-state index contributed by atoms with van der Waals surface area (Å²) < 4.78 is 10.7. The number of esters is 1. The molecule has 1 fully saturated rings. The van der Waals surface area contributed by atoms with Gasteiger partial charge >= 0.3 is 12.1 Å². The number of pyridine rings is 1. The molecule has 1 saturated heterocycles. The van der Waals surface area contributed by atoms with Crippen molar-refractivity contribution in [3.05, 3.63) is 28.5 Å². The molecule has 1 aliphatic heterocycles. The molecule has 0 aromatic carbocycles. The maximum absolute atomic E-state index is 12.3. The molecular weight excluding hydrogens is 332 g/mol. The van der Waals surface area contributed by atoms with E-state index in [0.717, 1.165) is 12.0 Å². The molecule has 24 heavy (non-hydrogen) atoms. The number of hydrogen-bond acceptors (Lipinski definition) is 5. The molecule has 2 rings (SSSR count). The topological polar surface area (TPSA) is 68.7 Å². The van der Waals surface area contributed by atoms with Crippen molar-refractivity contribution in [1.82, 2.24) is 9.88 Å². The maximum Gasteiger partial charge on any atom is 0.411 e. The SMILES string of the molecule is Cc1cc(Cl)nc(COC(=O)[C@H]2CCCN2C(=O)OC(C)(C)C)c1. The van der Waals surface area contributed by atoms with E-state index >= 15 is 0 Å². The van der Waals surface area contributed by atoms with Crippen LogP contribution in [0.1, 0.15) is 44.9 Å². The number of hydrogen-bond donors (Lipinski definition) is 0. The first-order valence-corrected chi connectivity index (χ1v) is 8.33. The molecule has 1 amide bonds. The summed E-state index contributed by atoms with van der Waals surface area (Å²) >= 11 is 5.90. The van der Waals surface area contributed by atoms with Gasteiger partial charge in [-0.25, -0.2) is 14.6 Å². The molecule has 0 spiro atoms. The zero-order valence-corrected chi connectivity index (χ0v) is 15.2. The van der Waals surface area contributed by atoms with Crippen LogP contribution in [0.3, 0.4) is 0 Å². The number of ether oxygens (including phenoxy) is 2. The molecule has 7 heteroatoms. The summed E-state index contributed by atoms with van der Waals surface area (Å²) in [4.78, 5) is 30.1. The van der Waals surface area contributed by atoms with Gasteiger partial charge < -0.3 is 9.47 Å². The van der Waals surface area contributed by atoms with Crippen molar-refractivity contribution >= 4 is 23.7 Å². The molecule has 1 atom stereocenters. The second-order valence-corrected chi connectivity index (χ2v) is 7.29. The second-order valence-electron chi connectivity index (χ2n) is 6.90. The minimum atomic E-state index is -0.611. The monoisotopic (exact) mass is 354 g/mol. The molecule has 1 aromatic heterocycles. The lowest BCUT2D eigenvalue weighted by Crippen LogP contribution is -2.44. The molecule has 0 N–H and O–H groups in total. The largest absolute Gasteiger partial charge is 0.458 e. The Morgan fingerprint density at radius 2 is 2.08 bits per heavy atom. The van der Waals surface area contributed by atoms with Gasteiger partial charge in [0.2, 0.25) is 0 Å². The van der Waals surface area contributed by atoms with Crippen LogP contribution in [-0.4, -0.2) is 40.1 Å². The van der Waals surface area contributed by atoms with E-state index in [2.05, 4.69) is 4.98 Å². The van der Waals surface area contributed by atoms with Gasteiger partial charge in [0.05, 0.1) is 5.69 Å². The highest BCUT2D eigenvalue weighted by Gasteiger charge is 2.37. The number of carbonyl (C=O) groups is 2. The number of rotatable bonds is 3. The first-order chi connectivity index (χ1) is 11.2. The van der Waals surface area contributed by atoms with Crippen LogP contribution in [0.2, 0.25) is 5.15 Å². The highest BCUT2D eigenvalue weighted by molar-refractivity contribution is 6.29. The molecule has 1 aliphatic rings. The summed E-state index contributed by atoms with van der Waals surface area (Å²) in [5.74, 6) is -0.446. The summed E-state index contributed by atoms with van der Waals surface area (Å²) in [6.45, 7) is 7.78. The molecule has 1 aromatic rings. The van der Waals surface area contributed by atoms with Gasteiger partial charge in [0, 0.05) is 6.54 Å². The highest BCUT2D eigenvalue weighted by Crippen LogP contribution is 2.22. The number of amides is 1. The van der Waals surface area contributed by atoms with Crippen LogP contribution in [0.25, 0.3) is 0 Å². The summed E-state index contributed by atoms with van der Waals surface area (Å²) in [5, 5.41) is 0.359. The van der Waals surface area contributed by atoms with E-state index in [1.54, 1.807) is 32.9 Å². The van der Waals surface area contributed by atoms with E-state index in [0.29, 0.717) is 23.8 Å². The highest BCUT2D eigenvalue weighted by atomic mass is 35.5. The fraction of sp³-hybridized carbons (Fsp3) is 0.588. The minimum Gasteiger partial charge on any atom is -0.458 e. The zero-order valence-electron chi connectivity index (χ0n) is 14.5. The zero-order chi connectivity index (χ0) is 17.9. The number of carbonyl (C=O) groups excluding carboxylic acids is 2. The fourth-order valence-corrected chi connectivity index (χ4v) is 2.84. The van der Waals surface area contributed by atoms with E-state index < -0.39 is 23.7 Å². The Labute approximate surface area is 147 Å². The second kappa shape index (κ2) is 7.38. The van der Waals surface area contributed by atoms with E-state index in [4.69, 9.17) is 21.1 Å². The number of nitrogens with zero attached hydrogens (tertiary/aromatic N) is 2. The Bertz CT molecular complexity index is 607. The van der Waals surface area contributed by atoms with Gasteiger partial charge in [-0.15, -0.1) is 0 Å². The van der Waals surface area contributed by atoms with Crippen molar-refractivity contribution in [3.8, 4) is 0 Å². The minimum absolute atomic E-state index is 0.0267. The third-order valence-corrected chi connectivity index (χ3v) is 3.70. The first kappa shape index (κ1) is 18.5. The van der Waals surface area contributed by atoms with Gasteiger partial charge in [-0.1, -0.05) is 11.6 Å². The van der Waals surface area contributed by atoms with Crippen molar-refractivity contribution in [3.63, 3.8) is 0 Å². The molecule has 0 unspecified atom stereocenters. The quantitative estimate of drug-likeness (QED) is 0.614. The van der Waals surface area contributed by atoms with Crippen LogP contribution in [0.5, 0.6) is 0 Å². The number of likely N-dealkylation sites (tertiary alicyclic amines) is 1. The third-order valence-electron chi connectivity index (χ3n) is 3.51. The van der Waals surface area contributed by atoms with Gasteiger partial charge in [0.1, 0.15) is 23.4 Å². The molecule has 0 aliphatic carbocycles. The Morgan fingerprint density at radius 1 is 1.38 bits per heavy atom. The van der Waals surface area contributed by atoms with Crippen LogP contribution in [0.4, 0.5) is 4.79 Å². The molecular formula is C17H23ClN2O4. The summed E-state index contributed by atoms with van der Waals surface area (Å²) in [5.41, 5.74) is 0.920. The number of aromatic nitrogens is 1. The Balaban J connectivity index is 1.96. The molecule has 0 bridgehead atoms. The van der Waals surface area contributed by atoms with Gasteiger partial charge in [-0.2, -0.15) is 0 Å². The van der Waals surface area contributed by atoms with Crippen LogP contribution in [0, 0.1) is 6.92 Å². The fourth-order valence-electron chi connectivity index (χ4n) is 2.56. The first-order valence-electron chi connectivity index (χ1n) is 7.95. The lowest BCUT2D eigenvalue weighted by atomic mass is 10.2. The lowest BCUT2D eigenvalue weighted by Gasteiger charge is -2.27. The van der Waals surface area contributed by atoms with Crippen molar-refractivity contribution < 1.29 is 19.1 Å². The van der Waals surface area contributed by atoms with Crippen LogP contribution in [0.15, 0.2) is 12.1 Å². The van der Waals surface area contributed by atoms with E-state index in [-0.39, 0.29) is 6.61 Å². The molecule has 6 nitrogen and oxygen atoms in total.